The monoisotopic (exact) mass is 320 g/mol. The first-order chi connectivity index (χ1) is 9.59. The van der Waals surface area contributed by atoms with E-state index in [9.17, 15) is 13.6 Å². The molecule has 0 bridgehead atoms. The lowest BCUT2D eigenvalue weighted by molar-refractivity contribution is -0.118. The molecule has 1 spiro atoms. The highest BCUT2D eigenvalue weighted by Gasteiger charge is 2.57. The van der Waals surface area contributed by atoms with Gasteiger partial charge in [0, 0.05) is 18.2 Å². The number of piperidine rings is 1. The van der Waals surface area contributed by atoms with Crippen molar-refractivity contribution in [3.05, 3.63) is 12.3 Å². The molecule has 5 nitrogen and oxygen atoms in total. The summed E-state index contributed by atoms with van der Waals surface area (Å²) < 4.78 is 25.6. The first-order valence-electron chi connectivity index (χ1n) is 6.92. The van der Waals surface area contributed by atoms with E-state index in [1.807, 2.05) is 0 Å². The summed E-state index contributed by atoms with van der Waals surface area (Å²) in [6.07, 6.45) is 2.00. The van der Waals surface area contributed by atoms with Gasteiger partial charge >= 0.3 is 0 Å². The minimum atomic E-state index is -2.44. The number of nitrogens with zero attached hydrogens (tertiary/aromatic N) is 2. The van der Waals surface area contributed by atoms with Gasteiger partial charge < -0.3 is 10.6 Å². The minimum absolute atomic E-state index is 0. The molecule has 1 saturated carbocycles. The summed E-state index contributed by atoms with van der Waals surface area (Å²) in [6, 6.07) is 1.55. The molecule has 1 saturated heterocycles. The van der Waals surface area contributed by atoms with Crippen molar-refractivity contribution in [3.63, 3.8) is 0 Å². The lowest BCUT2D eigenvalue weighted by atomic mass is 9.92. The Bertz CT molecular complexity index is 502. The normalized spacial score (nSPS) is 22.9. The van der Waals surface area contributed by atoms with Gasteiger partial charge in [0.25, 0.3) is 6.43 Å². The zero-order valence-electron chi connectivity index (χ0n) is 11.5. The molecule has 118 valence electrons. The number of carbonyl (C=O) groups excluding carboxylic acids is 1. The number of anilines is 1. The third-order valence-corrected chi connectivity index (χ3v) is 4.32. The number of rotatable bonds is 4. The summed E-state index contributed by atoms with van der Waals surface area (Å²) in [7, 11) is 0. The van der Waals surface area contributed by atoms with Crippen LogP contribution in [0.3, 0.4) is 0 Å². The predicted molar refractivity (Wildman–Crippen MR) is 76.8 cm³/mol. The van der Waals surface area contributed by atoms with Gasteiger partial charge in [0.05, 0.1) is 0 Å². The zero-order valence-corrected chi connectivity index (χ0v) is 12.3. The van der Waals surface area contributed by atoms with E-state index >= 15 is 0 Å². The fourth-order valence-electron chi connectivity index (χ4n) is 3.08. The summed E-state index contributed by atoms with van der Waals surface area (Å²) in [6.45, 7) is 1.48. The second-order valence-corrected chi connectivity index (χ2v) is 5.67. The Morgan fingerprint density at radius 3 is 2.90 bits per heavy atom. The van der Waals surface area contributed by atoms with Crippen molar-refractivity contribution < 1.29 is 13.6 Å². The highest BCUT2D eigenvalue weighted by molar-refractivity contribution is 5.94. The summed E-state index contributed by atoms with van der Waals surface area (Å²) in [4.78, 5) is 12.2. The van der Waals surface area contributed by atoms with E-state index in [0.717, 1.165) is 37.0 Å². The molecule has 0 aromatic carbocycles. The number of nitrogens with one attached hydrogen (secondary N) is 2. The van der Waals surface area contributed by atoms with E-state index in [2.05, 4.69) is 15.7 Å². The van der Waals surface area contributed by atoms with Gasteiger partial charge in [-0.3, -0.25) is 9.48 Å². The van der Waals surface area contributed by atoms with Crippen molar-refractivity contribution in [2.45, 2.75) is 32.2 Å². The average molecular weight is 321 g/mol. The van der Waals surface area contributed by atoms with E-state index in [1.54, 1.807) is 6.07 Å². The van der Waals surface area contributed by atoms with Gasteiger partial charge in [-0.15, -0.1) is 12.4 Å². The Morgan fingerprint density at radius 2 is 2.24 bits per heavy atom. The maximum atomic E-state index is 12.2. The molecular weight excluding hydrogens is 302 g/mol. The van der Waals surface area contributed by atoms with Crippen molar-refractivity contribution in [1.29, 1.82) is 0 Å². The van der Waals surface area contributed by atoms with Crippen molar-refractivity contribution in [3.8, 4) is 0 Å². The van der Waals surface area contributed by atoms with Crippen LogP contribution >= 0.6 is 12.4 Å². The van der Waals surface area contributed by atoms with Crippen LogP contribution in [0.15, 0.2) is 12.3 Å². The third-order valence-electron chi connectivity index (χ3n) is 4.32. The molecule has 2 aliphatic rings. The average Bonchev–Trinajstić information content (AvgIpc) is 2.91. The van der Waals surface area contributed by atoms with Crippen molar-refractivity contribution in [2.24, 2.45) is 11.3 Å². The highest BCUT2D eigenvalue weighted by atomic mass is 35.5. The SMILES string of the molecule is Cl.O=C(Nc1ccn(CC(F)F)n1)C1CC12CCNCC2. The molecule has 2 N–H and O–H groups in total. The maximum absolute atomic E-state index is 12.2. The van der Waals surface area contributed by atoms with Crippen LogP contribution in [0.4, 0.5) is 14.6 Å². The first-order valence-corrected chi connectivity index (χ1v) is 6.92. The molecule has 2 heterocycles. The molecule has 1 atom stereocenters. The number of aromatic nitrogens is 2. The molecule has 8 heteroatoms. The Labute approximate surface area is 127 Å². The van der Waals surface area contributed by atoms with E-state index in [1.165, 1.54) is 6.20 Å². The molecule has 1 aromatic rings. The number of amides is 1. The summed E-state index contributed by atoms with van der Waals surface area (Å²) >= 11 is 0. The molecule has 21 heavy (non-hydrogen) atoms. The Kier molecular flexibility index (Phi) is 4.83. The molecule has 3 rings (SSSR count). The summed E-state index contributed by atoms with van der Waals surface area (Å²) in [5.74, 6) is 0.366. The lowest BCUT2D eigenvalue weighted by Crippen LogP contribution is -2.31. The molecule has 0 radical (unpaired) electrons. The van der Waals surface area contributed by atoms with Gasteiger partial charge in [-0.05, 0) is 37.8 Å². The van der Waals surface area contributed by atoms with E-state index in [-0.39, 0.29) is 29.6 Å². The molecular formula is C13H19ClF2N4O. The molecule has 1 unspecified atom stereocenters. The van der Waals surface area contributed by atoms with Crippen LogP contribution < -0.4 is 10.6 Å². The fourth-order valence-corrected chi connectivity index (χ4v) is 3.08. The fraction of sp³-hybridized carbons (Fsp3) is 0.692. The summed E-state index contributed by atoms with van der Waals surface area (Å²) in [5, 5.41) is 9.95. The zero-order chi connectivity index (χ0) is 14.2. The quantitative estimate of drug-likeness (QED) is 0.891. The molecule has 2 fully saturated rings. The molecule has 1 aliphatic heterocycles. The van der Waals surface area contributed by atoms with Crippen molar-refractivity contribution >= 4 is 24.1 Å². The second kappa shape index (κ2) is 6.27. The maximum Gasteiger partial charge on any atom is 0.257 e. The van der Waals surface area contributed by atoms with Gasteiger partial charge in [-0.1, -0.05) is 0 Å². The third kappa shape index (κ3) is 3.52. The van der Waals surface area contributed by atoms with Crippen LogP contribution in [0, 0.1) is 11.3 Å². The Hall–Kier alpha value is -1.21. The molecule has 1 amide bonds. The molecule has 1 aromatic heterocycles. The topological polar surface area (TPSA) is 59.0 Å². The van der Waals surface area contributed by atoms with Gasteiger partial charge in [0.2, 0.25) is 5.91 Å². The summed E-state index contributed by atoms with van der Waals surface area (Å²) in [5.41, 5.74) is 0.168. The van der Waals surface area contributed by atoms with Crippen molar-refractivity contribution in [2.75, 3.05) is 18.4 Å². The van der Waals surface area contributed by atoms with Gasteiger partial charge in [-0.2, -0.15) is 5.10 Å². The van der Waals surface area contributed by atoms with Crippen LogP contribution in [0.2, 0.25) is 0 Å². The number of carbonyl (C=O) groups is 1. The molecule has 1 aliphatic carbocycles. The number of hydrogen-bond acceptors (Lipinski definition) is 3. The lowest BCUT2D eigenvalue weighted by Gasteiger charge is -2.23. The number of alkyl halides is 2. The van der Waals surface area contributed by atoms with Crippen molar-refractivity contribution in [1.82, 2.24) is 15.1 Å². The van der Waals surface area contributed by atoms with Crippen LogP contribution in [0.5, 0.6) is 0 Å². The standard InChI is InChI=1S/C13H18F2N4O.ClH/c14-10(15)8-19-6-1-11(18-19)17-12(20)9-7-13(9)2-4-16-5-3-13;/h1,6,9-10,16H,2-5,7-8H2,(H,17,18,20);1H. The van der Waals surface area contributed by atoms with Gasteiger partial charge in [0.1, 0.15) is 6.54 Å². The van der Waals surface area contributed by atoms with E-state index in [0.29, 0.717) is 5.82 Å². The van der Waals surface area contributed by atoms with Crippen LogP contribution in [0.25, 0.3) is 0 Å². The number of halogens is 3. The largest absolute Gasteiger partial charge is 0.317 e. The van der Waals surface area contributed by atoms with Crippen LogP contribution in [-0.4, -0.2) is 35.2 Å². The highest BCUT2D eigenvalue weighted by Crippen LogP contribution is 2.58. The van der Waals surface area contributed by atoms with E-state index in [4.69, 9.17) is 0 Å². The van der Waals surface area contributed by atoms with E-state index < -0.39 is 13.0 Å². The minimum Gasteiger partial charge on any atom is -0.317 e. The van der Waals surface area contributed by atoms with Crippen LogP contribution in [0.1, 0.15) is 19.3 Å². The second-order valence-electron chi connectivity index (χ2n) is 5.67. The smallest absolute Gasteiger partial charge is 0.257 e. The number of hydrogen-bond donors (Lipinski definition) is 2. The van der Waals surface area contributed by atoms with Gasteiger partial charge in [-0.25, -0.2) is 8.78 Å². The van der Waals surface area contributed by atoms with Gasteiger partial charge in [0.15, 0.2) is 5.82 Å². The first kappa shape index (κ1) is 16.2. The predicted octanol–water partition coefficient (Wildman–Crippen LogP) is 1.90. The Balaban J connectivity index is 0.00000161. The van der Waals surface area contributed by atoms with Crippen LogP contribution in [-0.2, 0) is 11.3 Å². The Morgan fingerprint density at radius 1 is 1.52 bits per heavy atom.